The summed E-state index contributed by atoms with van der Waals surface area (Å²) in [4.78, 5) is 0. The van der Waals surface area contributed by atoms with E-state index in [4.69, 9.17) is 0 Å². The Bertz CT molecular complexity index is 74.0. The van der Waals surface area contributed by atoms with Crippen molar-refractivity contribution in [1.82, 2.24) is 0 Å². The highest BCUT2D eigenvalue weighted by Crippen LogP contribution is 2.26. The minimum Gasteiger partial charge on any atom is -0.0776 e. The average Bonchev–Trinajstić information content (AvgIpc) is 1.92. The lowest BCUT2D eigenvalue weighted by atomic mass is 9.84. The largest absolute Gasteiger partial charge is 0.0776 e. The third-order valence-corrected chi connectivity index (χ3v) is 3.04. The van der Waals surface area contributed by atoms with Gasteiger partial charge in [-0.15, -0.1) is 0 Å². The van der Waals surface area contributed by atoms with E-state index in [0.717, 1.165) is 11.8 Å². The summed E-state index contributed by atoms with van der Waals surface area (Å²) < 4.78 is 0. The first kappa shape index (κ1) is 11.0. The molecule has 1 aliphatic rings. The maximum absolute atomic E-state index is 2.41. The zero-order chi connectivity index (χ0) is 7.40. The first-order valence-corrected chi connectivity index (χ1v) is 4.80. The Labute approximate surface area is 72.4 Å². The lowest BCUT2D eigenvalue weighted by molar-refractivity contribution is 0.301. The average molecular weight is 156 g/mol. The van der Waals surface area contributed by atoms with Gasteiger partial charge in [-0.05, 0) is 11.8 Å². The van der Waals surface area contributed by atoms with E-state index in [2.05, 4.69) is 13.8 Å². The van der Waals surface area contributed by atoms with E-state index in [1.165, 1.54) is 38.5 Å². The molecule has 0 heterocycles. The third-order valence-electron chi connectivity index (χ3n) is 3.04. The van der Waals surface area contributed by atoms with Crippen molar-refractivity contribution in [3.8, 4) is 0 Å². The summed E-state index contributed by atoms with van der Waals surface area (Å²) in [6.45, 7) is 4.83. The van der Waals surface area contributed by atoms with Crippen LogP contribution in [0.4, 0.5) is 0 Å². The molecule has 0 saturated heterocycles. The third kappa shape index (κ3) is 3.79. The molecule has 11 heavy (non-hydrogen) atoms. The molecule has 68 valence electrons. The fourth-order valence-electron chi connectivity index (χ4n) is 1.86. The van der Waals surface area contributed by atoms with Crippen LogP contribution in [-0.4, -0.2) is 0 Å². The zero-order valence-electron chi connectivity index (χ0n) is 7.40. The molecule has 0 aromatic heterocycles. The molecular weight excluding hydrogens is 132 g/mol. The van der Waals surface area contributed by atoms with Crippen molar-refractivity contribution in [3.63, 3.8) is 0 Å². The van der Waals surface area contributed by atoms with Gasteiger partial charge in [0.2, 0.25) is 0 Å². The van der Waals surface area contributed by atoms with Gasteiger partial charge in [0.05, 0.1) is 0 Å². The molecule has 0 bridgehead atoms. The second kappa shape index (κ2) is 5.62. The van der Waals surface area contributed by atoms with Gasteiger partial charge < -0.3 is 0 Å². The van der Waals surface area contributed by atoms with Gasteiger partial charge in [0.15, 0.2) is 0 Å². The smallest absolute Gasteiger partial charge is 0.0417 e. The summed E-state index contributed by atoms with van der Waals surface area (Å²) in [6.07, 6.45) is 8.87. The Hall–Kier alpha value is 0. The number of rotatable bonds is 0. The van der Waals surface area contributed by atoms with Crippen molar-refractivity contribution in [2.45, 2.75) is 59.8 Å². The van der Waals surface area contributed by atoms with Crippen LogP contribution >= 0.6 is 0 Å². The Kier molecular flexibility index (Phi) is 5.62. The summed E-state index contributed by atoms with van der Waals surface area (Å²) >= 11 is 0. The van der Waals surface area contributed by atoms with Gasteiger partial charge in [-0.3, -0.25) is 0 Å². The molecule has 0 unspecified atom stereocenters. The minimum atomic E-state index is 0. The quantitative estimate of drug-likeness (QED) is 0.492. The van der Waals surface area contributed by atoms with Crippen LogP contribution in [0, 0.1) is 11.8 Å². The minimum absolute atomic E-state index is 0. The molecule has 2 atom stereocenters. The van der Waals surface area contributed by atoms with Gasteiger partial charge in [-0.25, -0.2) is 0 Å². The summed E-state index contributed by atoms with van der Waals surface area (Å²) in [6, 6.07) is 0. The molecule has 0 nitrogen and oxygen atoms in total. The molecule has 0 aromatic carbocycles. The van der Waals surface area contributed by atoms with E-state index in [1.807, 2.05) is 0 Å². The van der Waals surface area contributed by atoms with E-state index in [9.17, 15) is 0 Å². The predicted octanol–water partition coefficient (Wildman–Crippen LogP) is 4.25. The van der Waals surface area contributed by atoms with E-state index in [1.54, 1.807) is 0 Å². The first-order valence-electron chi connectivity index (χ1n) is 4.80. The molecule has 0 spiro atoms. The van der Waals surface area contributed by atoms with Crippen LogP contribution in [0.5, 0.6) is 0 Å². The molecule has 0 radical (unpaired) electrons. The van der Waals surface area contributed by atoms with Crippen molar-refractivity contribution in [2.75, 3.05) is 0 Å². The van der Waals surface area contributed by atoms with Gasteiger partial charge >= 0.3 is 0 Å². The van der Waals surface area contributed by atoms with Gasteiger partial charge in [0.1, 0.15) is 0 Å². The van der Waals surface area contributed by atoms with Gasteiger partial charge in [0.25, 0.3) is 0 Å². The van der Waals surface area contributed by atoms with Crippen LogP contribution in [0.3, 0.4) is 0 Å². The predicted molar refractivity (Wildman–Crippen MR) is 52.8 cm³/mol. The highest BCUT2D eigenvalue weighted by molar-refractivity contribution is 4.65. The molecule has 0 N–H and O–H groups in total. The molecule has 0 aromatic rings. The molecule has 1 fully saturated rings. The van der Waals surface area contributed by atoms with Crippen molar-refractivity contribution in [2.24, 2.45) is 11.8 Å². The monoisotopic (exact) mass is 156 g/mol. The van der Waals surface area contributed by atoms with E-state index in [0.29, 0.717) is 0 Å². The normalized spacial score (nSPS) is 33.3. The highest BCUT2D eigenvalue weighted by atomic mass is 14.2. The molecular formula is C11H24. The Morgan fingerprint density at radius 2 is 1.09 bits per heavy atom. The zero-order valence-corrected chi connectivity index (χ0v) is 7.40. The summed E-state index contributed by atoms with van der Waals surface area (Å²) in [7, 11) is 0. The van der Waals surface area contributed by atoms with Crippen LogP contribution in [0.2, 0.25) is 0 Å². The van der Waals surface area contributed by atoms with Crippen molar-refractivity contribution >= 4 is 0 Å². The molecule has 0 aliphatic heterocycles. The second-order valence-corrected chi connectivity index (χ2v) is 3.95. The SMILES string of the molecule is C.C[C@H]1CCCCCC[C@@H]1C. The molecule has 1 aliphatic carbocycles. The Balaban J connectivity index is 0.000001000. The van der Waals surface area contributed by atoms with Crippen molar-refractivity contribution in [1.29, 1.82) is 0 Å². The van der Waals surface area contributed by atoms with E-state index in [-0.39, 0.29) is 7.43 Å². The van der Waals surface area contributed by atoms with Crippen LogP contribution < -0.4 is 0 Å². The molecule has 1 rings (SSSR count). The van der Waals surface area contributed by atoms with E-state index < -0.39 is 0 Å². The molecule has 0 heteroatoms. The van der Waals surface area contributed by atoms with Gasteiger partial charge in [-0.1, -0.05) is 59.8 Å². The fraction of sp³-hybridized carbons (Fsp3) is 1.00. The molecule has 1 saturated carbocycles. The number of hydrogen-bond donors (Lipinski definition) is 0. The van der Waals surface area contributed by atoms with Crippen LogP contribution in [0.1, 0.15) is 59.8 Å². The van der Waals surface area contributed by atoms with Gasteiger partial charge in [0, 0.05) is 0 Å². The summed E-state index contributed by atoms with van der Waals surface area (Å²) in [5.41, 5.74) is 0. The van der Waals surface area contributed by atoms with Crippen molar-refractivity contribution < 1.29 is 0 Å². The second-order valence-electron chi connectivity index (χ2n) is 3.95. The Morgan fingerprint density at radius 3 is 1.45 bits per heavy atom. The van der Waals surface area contributed by atoms with E-state index >= 15 is 0 Å². The van der Waals surface area contributed by atoms with Crippen molar-refractivity contribution in [3.05, 3.63) is 0 Å². The Morgan fingerprint density at radius 1 is 0.727 bits per heavy atom. The summed E-state index contributed by atoms with van der Waals surface area (Å²) in [5, 5.41) is 0. The van der Waals surface area contributed by atoms with Crippen LogP contribution in [0.25, 0.3) is 0 Å². The van der Waals surface area contributed by atoms with Crippen LogP contribution in [-0.2, 0) is 0 Å². The number of hydrogen-bond acceptors (Lipinski definition) is 0. The lowest BCUT2D eigenvalue weighted by Crippen LogP contribution is -2.09. The maximum Gasteiger partial charge on any atom is -0.0417 e. The lowest BCUT2D eigenvalue weighted by Gasteiger charge is -2.22. The molecule has 0 amide bonds. The first-order chi connectivity index (χ1) is 4.80. The standard InChI is InChI=1S/C10H20.CH4/c1-9-7-5-3-4-6-8-10(9)2;/h9-10H,3-8H2,1-2H3;1H4/t9-,10-;/m0./s1. The van der Waals surface area contributed by atoms with Crippen LogP contribution in [0.15, 0.2) is 0 Å². The topological polar surface area (TPSA) is 0 Å². The maximum atomic E-state index is 2.41. The fourth-order valence-corrected chi connectivity index (χ4v) is 1.86. The highest BCUT2D eigenvalue weighted by Gasteiger charge is 2.13. The van der Waals surface area contributed by atoms with Gasteiger partial charge in [-0.2, -0.15) is 0 Å². The summed E-state index contributed by atoms with van der Waals surface area (Å²) in [5.74, 6) is 1.97.